The van der Waals surface area contributed by atoms with E-state index in [0.717, 1.165) is 0 Å². The zero-order valence-corrected chi connectivity index (χ0v) is 29.6. The number of fused-ring (bicyclic) bond motifs is 6. The van der Waals surface area contributed by atoms with E-state index < -0.39 is 16.1 Å². The lowest BCUT2D eigenvalue weighted by Crippen LogP contribution is -2.37. The van der Waals surface area contributed by atoms with Crippen molar-refractivity contribution in [2.24, 2.45) is 0 Å². The second-order valence-electron chi connectivity index (χ2n) is 14.8. The maximum absolute atomic E-state index is 2.48. The van der Waals surface area contributed by atoms with Crippen molar-refractivity contribution >= 4 is 70.1 Å². The van der Waals surface area contributed by atoms with Crippen molar-refractivity contribution in [1.82, 2.24) is 9.13 Å². The third-order valence-corrected chi connectivity index (χ3v) is 13.7. The molecule has 0 aliphatic carbocycles. The highest BCUT2D eigenvalue weighted by Gasteiger charge is 2.22. The van der Waals surface area contributed by atoms with Crippen LogP contribution in [0.4, 0.5) is 0 Å². The lowest BCUT2D eigenvalue weighted by molar-refractivity contribution is 1.13. The van der Waals surface area contributed by atoms with Crippen molar-refractivity contribution in [2.45, 2.75) is 39.3 Å². The molecule has 8 rings (SSSR count). The molecule has 0 saturated carbocycles. The molecule has 2 aromatic heterocycles. The van der Waals surface area contributed by atoms with Crippen LogP contribution in [0.5, 0.6) is 0 Å². The monoisotopic (exact) mass is 628 g/mol. The van der Waals surface area contributed by atoms with Crippen LogP contribution in [-0.4, -0.2) is 25.3 Å². The molecule has 6 aromatic carbocycles. The predicted octanol–water partition coefficient (Wildman–Crippen LogP) is 10.6. The van der Waals surface area contributed by atoms with Crippen molar-refractivity contribution in [3.63, 3.8) is 0 Å². The summed E-state index contributed by atoms with van der Waals surface area (Å²) in [5, 5.41) is 8.25. The molecule has 0 atom stereocenters. The average Bonchev–Trinajstić information content (AvgIpc) is 3.56. The summed E-state index contributed by atoms with van der Waals surface area (Å²) in [6.45, 7) is 14.6. The van der Waals surface area contributed by atoms with Gasteiger partial charge in [-0.3, -0.25) is 0 Å². The summed E-state index contributed by atoms with van der Waals surface area (Å²) in [4.78, 5) is 0. The lowest BCUT2D eigenvalue weighted by Gasteiger charge is -2.18. The Balaban J connectivity index is 1.46. The molecule has 0 aliphatic rings. The second kappa shape index (κ2) is 10.4. The van der Waals surface area contributed by atoms with Gasteiger partial charge in [-0.15, -0.1) is 0 Å². The molecule has 8 aromatic rings. The standard InChI is InChI=1S/C42H40N2Si2/c1-45(2,3)33-20-22-41-37(27-33)35-16-10-12-18-39(35)43(41)31-24-30(29-14-8-7-9-15-29)25-32(26-31)44-40-19-13-11-17-36(40)38-28-34(46(4,5)6)21-23-42(38)44/h7-28H,1-6H3. The second-order valence-corrected chi connectivity index (χ2v) is 24.9. The fourth-order valence-corrected chi connectivity index (χ4v) is 9.41. The summed E-state index contributed by atoms with van der Waals surface area (Å²) in [5.74, 6) is 0. The molecule has 46 heavy (non-hydrogen) atoms. The normalized spacial score (nSPS) is 12.6. The first kappa shape index (κ1) is 28.8. The SMILES string of the molecule is C[Si](C)(C)c1ccc2c(c1)c1ccccc1n2-c1cc(-c2ccccc2)cc(-n2c3ccccc3c3cc([Si](C)(C)C)ccc32)c1. The summed E-state index contributed by atoms with van der Waals surface area (Å²) >= 11 is 0. The Bertz CT molecular complexity index is 2280. The molecule has 0 saturated heterocycles. The van der Waals surface area contributed by atoms with Crippen LogP contribution in [0, 0.1) is 0 Å². The highest BCUT2D eigenvalue weighted by atomic mass is 28.3. The average molecular weight is 629 g/mol. The van der Waals surface area contributed by atoms with Gasteiger partial charge >= 0.3 is 0 Å². The van der Waals surface area contributed by atoms with Crippen LogP contribution >= 0.6 is 0 Å². The fourth-order valence-electron chi connectivity index (χ4n) is 7.09. The van der Waals surface area contributed by atoms with Gasteiger partial charge in [0.2, 0.25) is 0 Å². The minimum Gasteiger partial charge on any atom is -0.309 e. The third kappa shape index (κ3) is 4.67. The maximum atomic E-state index is 2.48. The van der Waals surface area contributed by atoms with Crippen molar-refractivity contribution in [3.05, 3.63) is 133 Å². The van der Waals surface area contributed by atoms with Gasteiger partial charge in [-0.25, -0.2) is 0 Å². The molecule has 0 radical (unpaired) electrons. The molecule has 0 fully saturated rings. The van der Waals surface area contributed by atoms with Gasteiger partial charge in [0, 0.05) is 32.9 Å². The molecule has 2 nitrogen and oxygen atoms in total. The van der Waals surface area contributed by atoms with E-state index in [-0.39, 0.29) is 0 Å². The molecule has 0 aliphatic heterocycles. The molecule has 0 amide bonds. The van der Waals surface area contributed by atoms with Gasteiger partial charge in [0.1, 0.15) is 0 Å². The quantitative estimate of drug-likeness (QED) is 0.168. The van der Waals surface area contributed by atoms with Gasteiger partial charge < -0.3 is 9.13 Å². The number of benzene rings is 6. The van der Waals surface area contributed by atoms with Gasteiger partial charge in [-0.2, -0.15) is 0 Å². The van der Waals surface area contributed by atoms with Crippen LogP contribution in [0.25, 0.3) is 66.1 Å². The van der Waals surface area contributed by atoms with Crippen LogP contribution < -0.4 is 10.4 Å². The van der Waals surface area contributed by atoms with Gasteiger partial charge in [0.15, 0.2) is 0 Å². The van der Waals surface area contributed by atoms with Crippen molar-refractivity contribution in [2.75, 3.05) is 0 Å². The fraction of sp³-hybridized carbons (Fsp3) is 0.143. The molecule has 0 N–H and O–H groups in total. The van der Waals surface area contributed by atoms with E-state index in [4.69, 9.17) is 0 Å². The number of hydrogen-bond donors (Lipinski definition) is 0. The van der Waals surface area contributed by atoms with E-state index >= 15 is 0 Å². The minimum absolute atomic E-state index is 1.17. The molecular formula is C42H40N2Si2. The topological polar surface area (TPSA) is 9.86 Å². The molecule has 226 valence electrons. The van der Waals surface area contributed by atoms with Gasteiger partial charge in [0.25, 0.3) is 0 Å². The summed E-state index contributed by atoms with van der Waals surface area (Å²) in [5.41, 5.74) is 9.76. The predicted molar refractivity (Wildman–Crippen MR) is 207 cm³/mol. The van der Waals surface area contributed by atoms with Crippen molar-refractivity contribution in [3.8, 4) is 22.5 Å². The van der Waals surface area contributed by atoms with Gasteiger partial charge in [0.05, 0.1) is 38.2 Å². The summed E-state index contributed by atoms with van der Waals surface area (Å²) in [7, 11) is -2.97. The highest BCUT2D eigenvalue weighted by molar-refractivity contribution is 6.89. The summed E-state index contributed by atoms with van der Waals surface area (Å²) < 4.78 is 4.96. The number of hydrogen-bond acceptors (Lipinski definition) is 0. The lowest BCUT2D eigenvalue weighted by atomic mass is 10.0. The van der Waals surface area contributed by atoms with E-state index in [2.05, 4.69) is 182 Å². The summed E-state index contributed by atoms with van der Waals surface area (Å²) in [6, 6.07) is 50.1. The van der Waals surface area contributed by atoms with Crippen molar-refractivity contribution in [1.29, 1.82) is 0 Å². The smallest absolute Gasteiger partial charge is 0.0776 e. The van der Waals surface area contributed by atoms with Crippen LogP contribution in [0.15, 0.2) is 133 Å². The molecule has 2 heterocycles. The van der Waals surface area contributed by atoms with Crippen LogP contribution in [0.3, 0.4) is 0 Å². The molecule has 0 spiro atoms. The largest absolute Gasteiger partial charge is 0.309 e. The Labute approximate surface area is 273 Å². The Morgan fingerprint density at radius 1 is 0.348 bits per heavy atom. The minimum atomic E-state index is -1.48. The highest BCUT2D eigenvalue weighted by Crippen LogP contribution is 2.37. The molecule has 4 heteroatoms. The Hall–Kier alpha value is -4.65. The maximum Gasteiger partial charge on any atom is 0.0776 e. The Kier molecular flexibility index (Phi) is 6.54. The third-order valence-electron chi connectivity index (χ3n) is 9.60. The molecular weight excluding hydrogens is 589 g/mol. The van der Waals surface area contributed by atoms with Crippen LogP contribution in [0.1, 0.15) is 0 Å². The van der Waals surface area contributed by atoms with E-state index in [9.17, 15) is 0 Å². The first-order chi connectivity index (χ1) is 22.1. The van der Waals surface area contributed by atoms with E-state index in [1.54, 1.807) is 0 Å². The first-order valence-corrected chi connectivity index (χ1v) is 23.4. The van der Waals surface area contributed by atoms with Crippen LogP contribution in [-0.2, 0) is 0 Å². The van der Waals surface area contributed by atoms with Gasteiger partial charge in [-0.1, -0.05) is 141 Å². The zero-order chi connectivity index (χ0) is 31.8. The zero-order valence-electron chi connectivity index (χ0n) is 27.6. The number of rotatable bonds is 5. The number of nitrogens with zero attached hydrogens (tertiary/aromatic N) is 2. The molecule has 0 unspecified atom stereocenters. The molecule has 0 bridgehead atoms. The van der Waals surface area contributed by atoms with E-state index in [1.807, 2.05) is 0 Å². The first-order valence-electron chi connectivity index (χ1n) is 16.4. The Morgan fingerprint density at radius 3 is 1.22 bits per heavy atom. The Morgan fingerprint density at radius 2 is 0.761 bits per heavy atom. The van der Waals surface area contributed by atoms with Crippen molar-refractivity contribution < 1.29 is 0 Å². The van der Waals surface area contributed by atoms with E-state index in [0.29, 0.717) is 0 Å². The number of aromatic nitrogens is 2. The van der Waals surface area contributed by atoms with Gasteiger partial charge in [-0.05, 0) is 53.6 Å². The van der Waals surface area contributed by atoms with E-state index in [1.165, 1.54) is 76.5 Å². The number of para-hydroxylation sites is 2. The summed E-state index contributed by atoms with van der Waals surface area (Å²) in [6.07, 6.45) is 0. The van der Waals surface area contributed by atoms with Crippen LogP contribution in [0.2, 0.25) is 39.3 Å².